The maximum absolute atomic E-state index is 12.9. The second kappa shape index (κ2) is 7.90. The lowest BCUT2D eigenvalue weighted by Crippen LogP contribution is -2.48. The second-order valence-electron chi connectivity index (χ2n) is 6.73. The number of unbranched alkanes of at least 4 members (excludes halogenated alkanes) is 1. The maximum atomic E-state index is 12.9. The molecule has 0 atom stereocenters. The molecule has 1 amide bonds. The summed E-state index contributed by atoms with van der Waals surface area (Å²) in [7, 11) is 0. The summed E-state index contributed by atoms with van der Waals surface area (Å²) in [6.07, 6.45) is 5.03. The lowest BCUT2D eigenvalue weighted by Gasteiger charge is -2.34. The highest BCUT2D eigenvalue weighted by atomic mass is 32.1. The standard InChI is InChI=1S/C19H23N5OS2/c1-3-4-7-15-21-13(2)16(26-15)18(25)23-9-11-24(12-10-23)19-22-14-6-5-8-20-17(14)27-19/h5-6,8H,3-4,7,9-12H2,1-2H3. The first-order chi connectivity index (χ1) is 13.2. The summed E-state index contributed by atoms with van der Waals surface area (Å²) in [5, 5.41) is 2.07. The highest BCUT2D eigenvalue weighted by molar-refractivity contribution is 7.21. The zero-order chi connectivity index (χ0) is 18.8. The van der Waals surface area contributed by atoms with Crippen LogP contribution in [0.4, 0.5) is 5.13 Å². The van der Waals surface area contributed by atoms with Gasteiger partial charge in [0.25, 0.3) is 5.91 Å². The Labute approximate surface area is 166 Å². The molecular weight excluding hydrogens is 378 g/mol. The Morgan fingerprint density at radius 1 is 1.19 bits per heavy atom. The van der Waals surface area contributed by atoms with Crippen LogP contribution in [0.2, 0.25) is 0 Å². The molecule has 1 aliphatic rings. The predicted octanol–water partition coefficient (Wildman–Crippen LogP) is 3.76. The van der Waals surface area contributed by atoms with E-state index in [1.165, 1.54) is 0 Å². The molecule has 1 saturated heterocycles. The molecule has 0 aromatic carbocycles. The lowest BCUT2D eigenvalue weighted by atomic mass is 10.2. The van der Waals surface area contributed by atoms with Crippen molar-refractivity contribution in [2.45, 2.75) is 33.1 Å². The number of thiazole rings is 2. The SMILES string of the molecule is CCCCc1nc(C)c(C(=O)N2CCN(c3nc4cccnc4s3)CC2)s1. The zero-order valence-corrected chi connectivity index (χ0v) is 17.3. The van der Waals surface area contributed by atoms with Crippen LogP contribution in [0.1, 0.15) is 40.1 Å². The molecule has 0 radical (unpaired) electrons. The van der Waals surface area contributed by atoms with Gasteiger partial charge in [0.1, 0.15) is 15.2 Å². The van der Waals surface area contributed by atoms with Crippen molar-refractivity contribution in [3.8, 4) is 0 Å². The average Bonchev–Trinajstić information content (AvgIpc) is 3.29. The minimum Gasteiger partial charge on any atom is -0.344 e. The molecule has 3 aromatic heterocycles. The number of aryl methyl sites for hydroxylation is 2. The summed E-state index contributed by atoms with van der Waals surface area (Å²) in [6, 6.07) is 3.90. The Morgan fingerprint density at radius 2 is 2.00 bits per heavy atom. The van der Waals surface area contributed by atoms with E-state index in [1.807, 2.05) is 24.0 Å². The molecular formula is C19H23N5OS2. The number of carbonyl (C=O) groups excluding carboxylic acids is 1. The summed E-state index contributed by atoms with van der Waals surface area (Å²) in [5.41, 5.74) is 1.81. The smallest absolute Gasteiger partial charge is 0.265 e. The number of carbonyl (C=O) groups is 1. The molecule has 0 N–H and O–H groups in total. The number of hydrogen-bond acceptors (Lipinski definition) is 7. The molecule has 0 spiro atoms. The summed E-state index contributed by atoms with van der Waals surface area (Å²) in [6.45, 7) is 7.14. The minimum atomic E-state index is 0.123. The van der Waals surface area contributed by atoms with Crippen LogP contribution in [-0.4, -0.2) is 51.9 Å². The fraction of sp³-hybridized carbons (Fsp3) is 0.474. The summed E-state index contributed by atoms with van der Waals surface area (Å²) >= 11 is 3.18. The van der Waals surface area contributed by atoms with Crippen LogP contribution in [0.25, 0.3) is 10.3 Å². The fourth-order valence-corrected chi connectivity index (χ4v) is 5.26. The molecule has 0 saturated carbocycles. The first kappa shape index (κ1) is 18.3. The van der Waals surface area contributed by atoms with Gasteiger partial charge in [-0.3, -0.25) is 4.79 Å². The van der Waals surface area contributed by atoms with Gasteiger partial charge >= 0.3 is 0 Å². The topological polar surface area (TPSA) is 62.2 Å². The molecule has 6 nitrogen and oxygen atoms in total. The Bertz CT molecular complexity index is 910. The van der Waals surface area contributed by atoms with Gasteiger partial charge in [0.15, 0.2) is 5.13 Å². The monoisotopic (exact) mass is 401 g/mol. The summed E-state index contributed by atoms with van der Waals surface area (Å²) in [5.74, 6) is 0.123. The number of rotatable bonds is 5. The van der Waals surface area contributed by atoms with Crippen molar-refractivity contribution in [2.75, 3.05) is 31.1 Å². The third kappa shape index (κ3) is 3.82. The number of aromatic nitrogens is 3. The molecule has 27 heavy (non-hydrogen) atoms. The van der Waals surface area contributed by atoms with Crippen LogP contribution in [-0.2, 0) is 6.42 Å². The van der Waals surface area contributed by atoms with Gasteiger partial charge in [-0.25, -0.2) is 15.0 Å². The average molecular weight is 402 g/mol. The molecule has 4 heterocycles. The van der Waals surface area contributed by atoms with Crippen molar-refractivity contribution in [3.05, 3.63) is 33.9 Å². The van der Waals surface area contributed by atoms with E-state index in [1.54, 1.807) is 28.9 Å². The van der Waals surface area contributed by atoms with Crippen LogP contribution in [0.15, 0.2) is 18.3 Å². The molecule has 0 unspecified atom stereocenters. The molecule has 142 valence electrons. The van der Waals surface area contributed by atoms with Crippen LogP contribution in [0.5, 0.6) is 0 Å². The van der Waals surface area contributed by atoms with Gasteiger partial charge in [-0.15, -0.1) is 11.3 Å². The first-order valence-corrected chi connectivity index (χ1v) is 11.0. The van der Waals surface area contributed by atoms with E-state index in [0.29, 0.717) is 13.1 Å². The van der Waals surface area contributed by atoms with E-state index in [4.69, 9.17) is 0 Å². The number of hydrogen-bond donors (Lipinski definition) is 0. The van der Waals surface area contributed by atoms with E-state index in [2.05, 4.69) is 26.8 Å². The van der Waals surface area contributed by atoms with Gasteiger partial charge in [0, 0.05) is 32.4 Å². The van der Waals surface area contributed by atoms with Gasteiger partial charge in [-0.05, 0) is 31.9 Å². The third-order valence-corrected chi connectivity index (χ3v) is 7.02. The van der Waals surface area contributed by atoms with Crippen molar-refractivity contribution in [1.29, 1.82) is 0 Å². The molecule has 3 aromatic rings. The molecule has 8 heteroatoms. The van der Waals surface area contributed by atoms with Crippen LogP contribution < -0.4 is 4.90 Å². The van der Waals surface area contributed by atoms with Gasteiger partial charge in [-0.2, -0.15) is 0 Å². The second-order valence-corrected chi connectivity index (χ2v) is 8.77. The Balaban J connectivity index is 1.41. The number of piperazine rings is 1. The van der Waals surface area contributed by atoms with Crippen molar-refractivity contribution in [1.82, 2.24) is 19.9 Å². The summed E-state index contributed by atoms with van der Waals surface area (Å²) in [4.78, 5) is 32.6. The minimum absolute atomic E-state index is 0.123. The normalized spacial score (nSPS) is 14.9. The van der Waals surface area contributed by atoms with Crippen LogP contribution in [0.3, 0.4) is 0 Å². The molecule has 0 bridgehead atoms. The van der Waals surface area contributed by atoms with E-state index < -0.39 is 0 Å². The number of fused-ring (bicyclic) bond motifs is 1. The predicted molar refractivity (Wildman–Crippen MR) is 111 cm³/mol. The van der Waals surface area contributed by atoms with Crippen molar-refractivity contribution >= 4 is 44.1 Å². The third-order valence-electron chi connectivity index (χ3n) is 4.77. The molecule has 1 aliphatic heterocycles. The first-order valence-electron chi connectivity index (χ1n) is 9.37. The zero-order valence-electron chi connectivity index (χ0n) is 15.6. The number of pyridine rings is 1. The molecule has 1 fully saturated rings. The largest absolute Gasteiger partial charge is 0.344 e. The summed E-state index contributed by atoms with van der Waals surface area (Å²) < 4.78 is 0. The van der Waals surface area contributed by atoms with Gasteiger partial charge < -0.3 is 9.80 Å². The van der Waals surface area contributed by atoms with Gasteiger partial charge in [-0.1, -0.05) is 24.7 Å². The maximum Gasteiger partial charge on any atom is 0.265 e. The Morgan fingerprint density at radius 3 is 2.74 bits per heavy atom. The van der Waals surface area contributed by atoms with Crippen LogP contribution >= 0.6 is 22.7 Å². The number of amides is 1. The van der Waals surface area contributed by atoms with E-state index >= 15 is 0 Å². The van der Waals surface area contributed by atoms with E-state index in [-0.39, 0.29) is 5.91 Å². The quantitative estimate of drug-likeness (QED) is 0.651. The van der Waals surface area contributed by atoms with Crippen molar-refractivity contribution in [2.24, 2.45) is 0 Å². The number of anilines is 1. The van der Waals surface area contributed by atoms with Crippen LogP contribution in [0, 0.1) is 6.92 Å². The van der Waals surface area contributed by atoms with Gasteiger partial charge in [0.05, 0.1) is 10.7 Å². The number of nitrogens with zero attached hydrogens (tertiary/aromatic N) is 5. The van der Waals surface area contributed by atoms with Gasteiger partial charge in [0.2, 0.25) is 0 Å². The van der Waals surface area contributed by atoms with E-state index in [0.717, 1.165) is 63.4 Å². The van der Waals surface area contributed by atoms with Crippen molar-refractivity contribution < 1.29 is 4.79 Å². The molecule has 0 aliphatic carbocycles. The lowest BCUT2D eigenvalue weighted by molar-refractivity contribution is 0.0750. The highest BCUT2D eigenvalue weighted by Gasteiger charge is 2.26. The fourth-order valence-electron chi connectivity index (χ4n) is 3.22. The Kier molecular flexibility index (Phi) is 5.36. The molecule has 4 rings (SSSR count). The Hall–Kier alpha value is -2.06. The van der Waals surface area contributed by atoms with Crippen molar-refractivity contribution in [3.63, 3.8) is 0 Å². The highest BCUT2D eigenvalue weighted by Crippen LogP contribution is 2.28. The van der Waals surface area contributed by atoms with E-state index in [9.17, 15) is 4.79 Å².